The van der Waals surface area contributed by atoms with Crippen molar-refractivity contribution < 1.29 is 9.53 Å². The number of carbonyl (C=O) groups is 1. The lowest BCUT2D eigenvalue weighted by Crippen LogP contribution is -2.48. The molecule has 1 N–H and O–H groups in total. The lowest BCUT2D eigenvalue weighted by Gasteiger charge is -2.47. The van der Waals surface area contributed by atoms with Gasteiger partial charge in [0.15, 0.2) is 0 Å². The van der Waals surface area contributed by atoms with Crippen LogP contribution in [0.5, 0.6) is 5.75 Å². The fourth-order valence-electron chi connectivity index (χ4n) is 4.33. The van der Waals surface area contributed by atoms with E-state index in [2.05, 4.69) is 61.3 Å². The molecule has 0 aliphatic carbocycles. The minimum Gasteiger partial charge on any atom is -0.497 e. The zero-order chi connectivity index (χ0) is 21.0. The highest BCUT2D eigenvalue weighted by Crippen LogP contribution is 2.43. The Morgan fingerprint density at radius 2 is 2.00 bits per heavy atom. The highest BCUT2D eigenvalue weighted by molar-refractivity contribution is 5.84. The molecule has 0 fully saturated rings. The van der Waals surface area contributed by atoms with E-state index in [0.29, 0.717) is 5.92 Å². The first-order chi connectivity index (χ1) is 13.8. The Kier molecular flexibility index (Phi) is 6.26. The Bertz CT molecular complexity index is 887. The molecular weight excluding hydrogens is 362 g/mol. The zero-order valence-corrected chi connectivity index (χ0v) is 18.0. The van der Waals surface area contributed by atoms with E-state index in [-0.39, 0.29) is 17.9 Å². The van der Waals surface area contributed by atoms with Gasteiger partial charge in [0.05, 0.1) is 19.7 Å². The van der Waals surface area contributed by atoms with Crippen molar-refractivity contribution in [1.29, 1.82) is 0 Å². The molecule has 29 heavy (non-hydrogen) atoms. The number of nitrogens with one attached hydrogen (secondary N) is 1. The molecule has 1 amide bonds. The number of benzene rings is 2. The third kappa shape index (κ3) is 4.78. The predicted octanol–water partition coefficient (Wildman–Crippen LogP) is 4.50. The maximum atomic E-state index is 12.1. The summed E-state index contributed by atoms with van der Waals surface area (Å²) in [4.78, 5) is 14.6. The number of hydrogen-bond acceptors (Lipinski definition) is 4. The number of carbonyl (C=O) groups excluding carboxylic acids is 1. The van der Waals surface area contributed by atoms with Crippen LogP contribution in [-0.4, -0.2) is 31.3 Å². The number of nitrogens with zero attached hydrogens (tertiary/aromatic N) is 2. The monoisotopic (exact) mass is 393 g/mol. The molecule has 0 bridgehead atoms. The lowest BCUT2D eigenvalue weighted by atomic mass is 9.79. The van der Waals surface area contributed by atoms with E-state index in [4.69, 9.17) is 4.74 Å². The first kappa shape index (κ1) is 20.9. The first-order valence-corrected chi connectivity index (χ1v) is 10.2. The van der Waals surface area contributed by atoms with Gasteiger partial charge in [-0.1, -0.05) is 25.1 Å². The topological polar surface area (TPSA) is 53.9 Å². The second-order valence-electron chi connectivity index (χ2n) is 8.30. The van der Waals surface area contributed by atoms with Crippen molar-refractivity contribution in [3.63, 3.8) is 0 Å². The molecule has 2 aromatic carbocycles. The van der Waals surface area contributed by atoms with Gasteiger partial charge in [-0.3, -0.25) is 4.79 Å². The van der Waals surface area contributed by atoms with Crippen LogP contribution in [0.1, 0.15) is 56.7 Å². The first-order valence-electron chi connectivity index (χ1n) is 10.2. The van der Waals surface area contributed by atoms with Crippen LogP contribution in [0, 0.1) is 0 Å². The van der Waals surface area contributed by atoms with E-state index < -0.39 is 0 Å². The van der Waals surface area contributed by atoms with Gasteiger partial charge < -0.3 is 9.64 Å². The van der Waals surface area contributed by atoms with Crippen LogP contribution in [0.2, 0.25) is 0 Å². The Morgan fingerprint density at radius 1 is 1.28 bits per heavy atom. The summed E-state index contributed by atoms with van der Waals surface area (Å²) in [6.07, 6.45) is 3.12. The van der Waals surface area contributed by atoms with Gasteiger partial charge in [-0.2, -0.15) is 5.10 Å². The summed E-state index contributed by atoms with van der Waals surface area (Å²) in [5.41, 5.74) is 7.35. The fourth-order valence-corrected chi connectivity index (χ4v) is 4.33. The van der Waals surface area contributed by atoms with Crippen molar-refractivity contribution in [3.05, 3.63) is 59.2 Å². The van der Waals surface area contributed by atoms with Crippen molar-refractivity contribution in [1.82, 2.24) is 5.43 Å². The molecule has 1 aliphatic rings. The van der Waals surface area contributed by atoms with Crippen LogP contribution in [0.3, 0.4) is 0 Å². The van der Waals surface area contributed by atoms with Gasteiger partial charge in [0, 0.05) is 17.8 Å². The predicted molar refractivity (Wildman–Crippen MR) is 119 cm³/mol. The van der Waals surface area contributed by atoms with E-state index in [1.807, 2.05) is 24.3 Å². The average Bonchev–Trinajstić information content (AvgIpc) is 2.68. The molecule has 5 heteroatoms. The SMILES string of the molecule is CCN1c2ccc(/C=N/NC(=O)Cc3ccc(OC)cc3)cc2C(C)CC1(C)C. The van der Waals surface area contributed by atoms with Crippen LogP contribution in [0.25, 0.3) is 0 Å². The van der Waals surface area contributed by atoms with E-state index in [9.17, 15) is 4.79 Å². The van der Waals surface area contributed by atoms with Crippen molar-refractivity contribution in [2.75, 3.05) is 18.6 Å². The van der Waals surface area contributed by atoms with Gasteiger partial charge in [-0.25, -0.2) is 5.43 Å². The molecule has 0 spiro atoms. The van der Waals surface area contributed by atoms with Gasteiger partial charge in [-0.15, -0.1) is 0 Å². The molecule has 154 valence electrons. The molecule has 2 aromatic rings. The third-order valence-electron chi connectivity index (χ3n) is 5.65. The molecule has 0 radical (unpaired) electrons. The van der Waals surface area contributed by atoms with E-state index in [0.717, 1.165) is 29.8 Å². The number of hydrazone groups is 1. The standard InChI is InChI=1S/C24H31N3O2/c1-6-27-22-12-9-19(13-21(22)17(2)15-24(27,3)4)16-25-26-23(28)14-18-7-10-20(29-5)11-8-18/h7-13,16-17H,6,14-15H2,1-5H3,(H,26,28)/b25-16+. The number of hydrogen-bond donors (Lipinski definition) is 1. The smallest absolute Gasteiger partial charge is 0.244 e. The van der Waals surface area contributed by atoms with E-state index in [1.165, 1.54) is 11.3 Å². The van der Waals surface area contributed by atoms with Crippen LogP contribution in [0.15, 0.2) is 47.6 Å². The molecule has 1 heterocycles. The summed E-state index contributed by atoms with van der Waals surface area (Å²) in [6.45, 7) is 10.1. The fraction of sp³-hybridized carbons (Fsp3) is 0.417. The number of amides is 1. The van der Waals surface area contributed by atoms with Crippen LogP contribution < -0.4 is 15.1 Å². The number of ether oxygens (including phenoxy) is 1. The highest BCUT2D eigenvalue weighted by atomic mass is 16.5. The molecule has 0 saturated carbocycles. The number of anilines is 1. The molecular formula is C24H31N3O2. The number of rotatable bonds is 6. The molecule has 0 aromatic heterocycles. The Labute approximate surface area is 173 Å². The van der Waals surface area contributed by atoms with Gasteiger partial charge in [0.25, 0.3) is 0 Å². The van der Waals surface area contributed by atoms with Crippen LogP contribution in [-0.2, 0) is 11.2 Å². The Hall–Kier alpha value is -2.82. The average molecular weight is 394 g/mol. The van der Waals surface area contributed by atoms with Crippen LogP contribution >= 0.6 is 0 Å². The van der Waals surface area contributed by atoms with Crippen molar-refractivity contribution >= 4 is 17.8 Å². The lowest BCUT2D eigenvalue weighted by molar-refractivity contribution is -0.120. The summed E-state index contributed by atoms with van der Waals surface area (Å²) in [7, 11) is 1.62. The molecule has 0 saturated heterocycles. The summed E-state index contributed by atoms with van der Waals surface area (Å²) >= 11 is 0. The van der Waals surface area contributed by atoms with Crippen molar-refractivity contribution in [3.8, 4) is 5.75 Å². The Balaban J connectivity index is 1.65. The van der Waals surface area contributed by atoms with Gasteiger partial charge in [0.2, 0.25) is 5.91 Å². The van der Waals surface area contributed by atoms with E-state index >= 15 is 0 Å². The minimum absolute atomic E-state index is 0.142. The highest BCUT2D eigenvalue weighted by Gasteiger charge is 2.35. The van der Waals surface area contributed by atoms with Crippen LogP contribution in [0.4, 0.5) is 5.69 Å². The third-order valence-corrected chi connectivity index (χ3v) is 5.65. The second kappa shape index (κ2) is 8.68. The maximum Gasteiger partial charge on any atom is 0.244 e. The Morgan fingerprint density at radius 3 is 2.66 bits per heavy atom. The number of methoxy groups -OCH3 is 1. The van der Waals surface area contributed by atoms with Gasteiger partial charge in [0.1, 0.15) is 5.75 Å². The molecule has 1 atom stereocenters. The molecule has 3 rings (SSSR count). The summed E-state index contributed by atoms with van der Waals surface area (Å²) < 4.78 is 5.13. The zero-order valence-electron chi connectivity index (χ0n) is 18.0. The quantitative estimate of drug-likeness (QED) is 0.581. The van der Waals surface area contributed by atoms with E-state index in [1.54, 1.807) is 13.3 Å². The van der Waals surface area contributed by atoms with Gasteiger partial charge >= 0.3 is 0 Å². The second-order valence-corrected chi connectivity index (χ2v) is 8.30. The minimum atomic E-state index is -0.142. The summed E-state index contributed by atoms with van der Waals surface area (Å²) in [5, 5.41) is 4.15. The normalized spacial score (nSPS) is 17.8. The van der Waals surface area contributed by atoms with Gasteiger partial charge in [-0.05, 0) is 74.1 Å². The van der Waals surface area contributed by atoms with Crippen molar-refractivity contribution in [2.45, 2.75) is 52.0 Å². The molecule has 5 nitrogen and oxygen atoms in total. The van der Waals surface area contributed by atoms with Crippen molar-refractivity contribution in [2.24, 2.45) is 5.10 Å². The molecule has 1 unspecified atom stereocenters. The molecule has 1 aliphatic heterocycles. The summed E-state index contributed by atoms with van der Waals surface area (Å²) in [5.74, 6) is 1.12. The summed E-state index contributed by atoms with van der Waals surface area (Å²) in [6, 6.07) is 13.9. The largest absolute Gasteiger partial charge is 0.497 e. The number of fused-ring (bicyclic) bond motifs is 1. The maximum absolute atomic E-state index is 12.1.